The minimum Gasteiger partial charge on any atom is -0.377 e. The zero-order valence-corrected chi connectivity index (χ0v) is 12.3. The van der Waals surface area contributed by atoms with E-state index in [0.29, 0.717) is 18.8 Å². The summed E-state index contributed by atoms with van der Waals surface area (Å²) in [6.45, 7) is 6.47. The van der Waals surface area contributed by atoms with E-state index in [1.165, 1.54) is 24.1 Å². The van der Waals surface area contributed by atoms with Gasteiger partial charge in [-0.1, -0.05) is 0 Å². The molecule has 0 atom stereocenters. The number of pyridine rings is 1. The first kappa shape index (κ1) is 13.4. The molecule has 2 aliphatic rings. The maximum atomic E-state index is 9.47. The summed E-state index contributed by atoms with van der Waals surface area (Å²) < 4.78 is 5.57. The molecule has 1 saturated heterocycles. The third kappa shape index (κ3) is 2.27. The summed E-state index contributed by atoms with van der Waals surface area (Å²) in [5.41, 5.74) is 3.05. The number of ether oxygens (including phenoxy) is 1. The van der Waals surface area contributed by atoms with Crippen LogP contribution < -0.4 is 4.90 Å². The van der Waals surface area contributed by atoms with Gasteiger partial charge in [-0.25, -0.2) is 4.98 Å². The van der Waals surface area contributed by atoms with Crippen LogP contribution in [-0.2, 0) is 17.6 Å². The first-order valence-corrected chi connectivity index (χ1v) is 7.40. The Bertz CT molecular complexity index is 560. The van der Waals surface area contributed by atoms with Crippen LogP contribution in [0.3, 0.4) is 0 Å². The molecule has 1 aromatic rings. The van der Waals surface area contributed by atoms with Crippen LogP contribution >= 0.6 is 0 Å². The predicted molar refractivity (Wildman–Crippen MR) is 77.8 cm³/mol. The lowest BCUT2D eigenvalue weighted by Crippen LogP contribution is -2.53. The molecule has 20 heavy (non-hydrogen) atoms. The molecule has 0 spiro atoms. The van der Waals surface area contributed by atoms with Gasteiger partial charge in [-0.05, 0) is 51.2 Å². The van der Waals surface area contributed by atoms with Crippen LogP contribution in [0.5, 0.6) is 0 Å². The quantitative estimate of drug-likeness (QED) is 0.787. The molecule has 4 heteroatoms. The second kappa shape index (κ2) is 5.06. The summed E-state index contributed by atoms with van der Waals surface area (Å²) in [7, 11) is 0. The van der Waals surface area contributed by atoms with Gasteiger partial charge >= 0.3 is 0 Å². The number of nitriles is 1. The van der Waals surface area contributed by atoms with Crippen molar-refractivity contribution in [3.8, 4) is 6.07 Å². The van der Waals surface area contributed by atoms with Crippen molar-refractivity contribution in [2.45, 2.75) is 45.1 Å². The van der Waals surface area contributed by atoms with Crippen molar-refractivity contribution in [2.24, 2.45) is 0 Å². The van der Waals surface area contributed by atoms with Crippen molar-refractivity contribution in [3.63, 3.8) is 0 Å². The molecule has 0 aromatic carbocycles. The van der Waals surface area contributed by atoms with Crippen LogP contribution in [0.1, 0.15) is 43.5 Å². The summed E-state index contributed by atoms with van der Waals surface area (Å²) in [5, 5.41) is 9.47. The zero-order valence-electron chi connectivity index (χ0n) is 12.3. The zero-order chi connectivity index (χ0) is 14.2. The van der Waals surface area contributed by atoms with Crippen LogP contribution in [0.15, 0.2) is 6.07 Å². The van der Waals surface area contributed by atoms with Crippen molar-refractivity contribution >= 4 is 5.82 Å². The van der Waals surface area contributed by atoms with Gasteiger partial charge in [0.15, 0.2) is 0 Å². The van der Waals surface area contributed by atoms with Crippen molar-refractivity contribution in [1.29, 1.82) is 5.26 Å². The first-order valence-electron chi connectivity index (χ1n) is 7.40. The van der Waals surface area contributed by atoms with Crippen LogP contribution in [0, 0.1) is 11.3 Å². The number of anilines is 1. The van der Waals surface area contributed by atoms with Crippen LogP contribution in [-0.4, -0.2) is 30.3 Å². The first-order chi connectivity index (χ1) is 9.62. The van der Waals surface area contributed by atoms with E-state index in [1.807, 2.05) is 0 Å². The molecule has 4 nitrogen and oxygen atoms in total. The van der Waals surface area contributed by atoms with Crippen LogP contribution in [0.4, 0.5) is 5.82 Å². The Hall–Kier alpha value is -1.60. The molecule has 1 aromatic heterocycles. The molecule has 0 radical (unpaired) electrons. The molecular formula is C16H21N3O. The monoisotopic (exact) mass is 271 g/mol. The molecule has 1 fully saturated rings. The fourth-order valence-electron chi connectivity index (χ4n) is 3.16. The smallest absolute Gasteiger partial charge is 0.147 e. The molecule has 0 unspecified atom stereocenters. The SMILES string of the molecule is CC1(C)COCCN1c1nc2c(cc1C#N)CCCC2. The fraction of sp³-hybridized carbons (Fsp3) is 0.625. The number of nitrogens with zero attached hydrogens (tertiary/aromatic N) is 3. The predicted octanol–water partition coefficient (Wildman–Crippen LogP) is 2.45. The van der Waals surface area contributed by atoms with E-state index in [1.54, 1.807) is 0 Å². The Morgan fingerprint density at radius 1 is 1.35 bits per heavy atom. The highest BCUT2D eigenvalue weighted by Gasteiger charge is 2.33. The van der Waals surface area contributed by atoms with E-state index >= 15 is 0 Å². The Labute approximate surface area is 120 Å². The van der Waals surface area contributed by atoms with Gasteiger partial charge in [-0.15, -0.1) is 0 Å². The Morgan fingerprint density at radius 3 is 2.90 bits per heavy atom. The number of rotatable bonds is 1. The van der Waals surface area contributed by atoms with Gasteiger partial charge in [0, 0.05) is 12.2 Å². The molecular weight excluding hydrogens is 250 g/mol. The summed E-state index contributed by atoms with van der Waals surface area (Å²) in [4.78, 5) is 7.09. The van der Waals surface area contributed by atoms with E-state index in [2.05, 4.69) is 30.9 Å². The molecule has 1 aliphatic heterocycles. The number of fused-ring (bicyclic) bond motifs is 1. The topological polar surface area (TPSA) is 49.1 Å². The molecule has 0 saturated carbocycles. The lowest BCUT2D eigenvalue weighted by molar-refractivity contribution is 0.0638. The lowest BCUT2D eigenvalue weighted by atomic mass is 9.94. The Morgan fingerprint density at radius 2 is 2.15 bits per heavy atom. The maximum Gasteiger partial charge on any atom is 0.147 e. The summed E-state index contributed by atoms with van der Waals surface area (Å²) in [6.07, 6.45) is 4.52. The lowest BCUT2D eigenvalue weighted by Gasteiger charge is -2.43. The average molecular weight is 271 g/mol. The normalized spacial score (nSPS) is 21.1. The van der Waals surface area contributed by atoms with E-state index in [-0.39, 0.29) is 5.54 Å². The van der Waals surface area contributed by atoms with Gasteiger partial charge in [0.05, 0.1) is 24.3 Å². The summed E-state index contributed by atoms with van der Waals surface area (Å²) >= 11 is 0. The molecule has 1 aliphatic carbocycles. The highest BCUT2D eigenvalue weighted by Crippen LogP contribution is 2.31. The highest BCUT2D eigenvalue weighted by atomic mass is 16.5. The van der Waals surface area contributed by atoms with Crippen molar-refractivity contribution in [2.75, 3.05) is 24.7 Å². The van der Waals surface area contributed by atoms with Gasteiger partial charge < -0.3 is 9.64 Å². The molecule has 2 heterocycles. The molecule has 3 rings (SSSR count). The second-order valence-corrected chi connectivity index (χ2v) is 6.30. The summed E-state index contributed by atoms with van der Waals surface area (Å²) in [6, 6.07) is 4.39. The van der Waals surface area contributed by atoms with Gasteiger partial charge in [-0.3, -0.25) is 0 Å². The molecule has 0 amide bonds. The van der Waals surface area contributed by atoms with Crippen molar-refractivity contribution in [1.82, 2.24) is 4.98 Å². The van der Waals surface area contributed by atoms with E-state index < -0.39 is 0 Å². The number of aryl methyl sites for hydroxylation is 2. The van der Waals surface area contributed by atoms with Crippen LogP contribution in [0.2, 0.25) is 0 Å². The van der Waals surface area contributed by atoms with Crippen molar-refractivity contribution in [3.05, 3.63) is 22.9 Å². The third-order valence-electron chi connectivity index (χ3n) is 4.30. The summed E-state index contributed by atoms with van der Waals surface area (Å²) in [5.74, 6) is 0.849. The van der Waals surface area contributed by atoms with E-state index in [4.69, 9.17) is 9.72 Å². The second-order valence-electron chi connectivity index (χ2n) is 6.30. The van der Waals surface area contributed by atoms with Gasteiger partial charge in [0.1, 0.15) is 11.9 Å². The molecule has 0 bridgehead atoms. The number of hydrogen-bond donors (Lipinski definition) is 0. The van der Waals surface area contributed by atoms with E-state index in [9.17, 15) is 5.26 Å². The molecule has 106 valence electrons. The van der Waals surface area contributed by atoms with Crippen LogP contribution in [0.25, 0.3) is 0 Å². The average Bonchev–Trinajstić information content (AvgIpc) is 2.45. The van der Waals surface area contributed by atoms with Gasteiger partial charge in [0.25, 0.3) is 0 Å². The van der Waals surface area contributed by atoms with E-state index in [0.717, 1.165) is 25.2 Å². The Kier molecular flexibility index (Phi) is 3.39. The number of hydrogen-bond acceptors (Lipinski definition) is 4. The fourth-order valence-corrected chi connectivity index (χ4v) is 3.16. The minimum absolute atomic E-state index is 0.111. The number of morpholine rings is 1. The minimum atomic E-state index is -0.111. The van der Waals surface area contributed by atoms with Crippen molar-refractivity contribution < 1.29 is 4.74 Å². The Balaban J connectivity index is 2.06. The largest absolute Gasteiger partial charge is 0.377 e. The van der Waals surface area contributed by atoms with Gasteiger partial charge in [0.2, 0.25) is 0 Å². The number of aromatic nitrogens is 1. The maximum absolute atomic E-state index is 9.47. The van der Waals surface area contributed by atoms with Gasteiger partial charge in [-0.2, -0.15) is 5.26 Å². The highest BCUT2D eigenvalue weighted by molar-refractivity contribution is 5.58. The standard InChI is InChI=1S/C16H21N3O/c1-16(2)11-20-8-7-19(16)15-13(10-17)9-12-5-3-4-6-14(12)18-15/h9H,3-8,11H2,1-2H3. The third-order valence-corrected chi connectivity index (χ3v) is 4.30. The molecule has 0 N–H and O–H groups in total.